The van der Waals surface area contributed by atoms with Crippen LogP contribution in [-0.2, 0) is 11.3 Å². The average Bonchev–Trinajstić information content (AvgIpc) is 2.28. The number of aryl methyl sites for hydroxylation is 1. The zero-order valence-electron chi connectivity index (χ0n) is 10.7. The van der Waals surface area contributed by atoms with E-state index in [-0.39, 0.29) is 17.7 Å². The molecule has 1 atom stereocenters. The molecule has 94 valence electrons. The SMILES string of the molecule is Cc1cnccc1CNC(=O)C(CN)C(C)C. The first-order valence-electron chi connectivity index (χ1n) is 5.93. The van der Waals surface area contributed by atoms with Crippen molar-refractivity contribution >= 4 is 5.91 Å². The van der Waals surface area contributed by atoms with Crippen molar-refractivity contribution in [2.24, 2.45) is 17.6 Å². The van der Waals surface area contributed by atoms with Crippen LogP contribution in [0.15, 0.2) is 18.5 Å². The fourth-order valence-corrected chi connectivity index (χ4v) is 1.70. The molecule has 0 radical (unpaired) electrons. The van der Waals surface area contributed by atoms with Gasteiger partial charge in [-0.2, -0.15) is 0 Å². The lowest BCUT2D eigenvalue weighted by atomic mass is 9.95. The number of carbonyl (C=O) groups is 1. The van der Waals surface area contributed by atoms with E-state index in [2.05, 4.69) is 10.3 Å². The van der Waals surface area contributed by atoms with Crippen LogP contribution in [-0.4, -0.2) is 17.4 Å². The molecule has 1 heterocycles. The molecule has 0 bridgehead atoms. The van der Waals surface area contributed by atoms with Crippen molar-refractivity contribution < 1.29 is 4.79 Å². The molecule has 0 aliphatic heterocycles. The van der Waals surface area contributed by atoms with E-state index < -0.39 is 0 Å². The van der Waals surface area contributed by atoms with E-state index >= 15 is 0 Å². The van der Waals surface area contributed by atoms with Crippen molar-refractivity contribution in [1.29, 1.82) is 0 Å². The highest BCUT2D eigenvalue weighted by Gasteiger charge is 2.19. The maximum absolute atomic E-state index is 11.9. The number of rotatable bonds is 5. The van der Waals surface area contributed by atoms with Gasteiger partial charge in [-0.3, -0.25) is 9.78 Å². The standard InChI is InChI=1S/C13H21N3O/c1-9(2)12(6-14)13(17)16-8-11-4-5-15-7-10(11)3/h4-5,7,9,12H,6,8,14H2,1-3H3,(H,16,17). The van der Waals surface area contributed by atoms with Crippen LogP contribution in [0.25, 0.3) is 0 Å². The molecule has 0 saturated carbocycles. The first-order valence-corrected chi connectivity index (χ1v) is 5.93. The van der Waals surface area contributed by atoms with Gasteiger partial charge >= 0.3 is 0 Å². The van der Waals surface area contributed by atoms with Crippen LogP contribution < -0.4 is 11.1 Å². The van der Waals surface area contributed by atoms with Gasteiger partial charge in [-0.15, -0.1) is 0 Å². The Bertz CT molecular complexity index is 377. The second kappa shape index (κ2) is 6.35. The van der Waals surface area contributed by atoms with E-state index in [9.17, 15) is 4.79 Å². The van der Waals surface area contributed by atoms with Crippen LogP contribution in [0.4, 0.5) is 0 Å². The summed E-state index contributed by atoms with van der Waals surface area (Å²) < 4.78 is 0. The molecule has 1 aromatic rings. The van der Waals surface area contributed by atoms with E-state index in [1.807, 2.05) is 26.8 Å². The monoisotopic (exact) mass is 235 g/mol. The molecule has 17 heavy (non-hydrogen) atoms. The molecule has 0 aliphatic rings. The van der Waals surface area contributed by atoms with Crippen molar-refractivity contribution in [3.05, 3.63) is 29.6 Å². The lowest BCUT2D eigenvalue weighted by molar-refractivity contribution is -0.126. The second-order valence-corrected chi connectivity index (χ2v) is 4.61. The van der Waals surface area contributed by atoms with E-state index in [0.717, 1.165) is 11.1 Å². The largest absolute Gasteiger partial charge is 0.352 e. The van der Waals surface area contributed by atoms with Crippen LogP contribution in [0.2, 0.25) is 0 Å². The van der Waals surface area contributed by atoms with Gasteiger partial charge in [0.05, 0.1) is 5.92 Å². The average molecular weight is 235 g/mol. The van der Waals surface area contributed by atoms with E-state index in [4.69, 9.17) is 5.73 Å². The van der Waals surface area contributed by atoms with Crippen LogP contribution in [0.1, 0.15) is 25.0 Å². The molecule has 1 aromatic heterocycles. The predicted octanol–water partition coefficient (Wildman–Crippen LogP) is 1.24. The maximum atomic E-state index is 11.9. The molecule has 1 rings (SSSR count). The normalized spacial score (nSPS) is 12.5. The Morgan fingerprint density at radius 2 is 2.24 bits per heavy atom. The molecule has 1 unspecified atom stereocenters. The third kappa shape index (κ3) is 3.82. The summed E-state index contributed by atoms with van der Waals surface area (Å²) in [7, 11) is 0. The fourth-order valence-electron chi connectivity index (χ4n) is 1.70. The number of pyridine rings is 1. The topological polar surface area (TPSA) is 68.0 Å². The van der Waals surface area contributed by atoms with Gasteiger partial charge in [0.25, 0.3) is 0 Å². The minimum atomic E-state index is -0.114. The van der Waals surface area contributed by atoms with E-state index in [0.29, 0.717) is 13.1 Å². The number of hydrogen-bond donors (Lipinski definition) is 2. The molecule has 0 aliphatic carbocycles. The summed E-state index contributed by atoms with van der Waals surface area (Å²) in [5, 5.41) is 2.93. The van der Waals surface area contributed by atoms with Gasteiger partial charge < -0.3 is 11.1 Å². The van der Waals surface area contributed by atoms with Crippen LogP contribution >= 0.6 is 0 Å². The van der Waals surface area contributed by atoms with Crippen molar-refractivity contribution in [1.82, 2.24) is 10.3 Å². The first kappa shape index (κ1) is 13.6. The van der Waals surface area contributed by atoms with E-state index in [1.165, 1.54) is 0 Å². The summed E-state index contributed by atoms with van der Waals surface area (Å²) in [6.45, 7) is 6.93. The molecule has 0 spiro atoms. The smallest absolute Gasteiger partial charge is 0.224 e. The van der Waals surface area contributed by atoms with Crippen LogP contribution in [0.3, 0.4) is 0 Å². The Balaban J connectivity index is 2.56. The molecule has 0 fully saturated rings. The zero-order chi connectivity index (χ0) is 12.8. The molecule has 0 saturated heterocycles. The summed E-state index contributed by atoms with van der Waals surface area (Å²) in [5.41, 5.74) is 7.78. The lowest BCUT2D eigenvalue weighted by Gasteiger charge is -2.18. The highest BCUT2D eigenvalue weighted by atomic mass is 16.1. The molecule has 1 amide bonds. The molecular weight excluding hydrogens is 214 g/mol. The third-order valence-corrected chi connectivity index (χ3v) is 2.98. The Kier molecular flexibility index (Phi) is 5.10. The number of hydrogen-bond acceptors (Lipinski definition) is 3. The highest BCUT2D eigenvalue weighted by Crippen LogP contribution is 2.10. The Hall–Kier alpha value is -1.42. The summed E-state index contributed by atoms with van der Waals surface area (Å²) in [6.07, 6.45) is 3.53. The summed E-state index contributed by atoms with van der Waals surface area (Å²) in [5.74, 6) is 0.175. The van der Waals surface area contributed by atoms with Crippen molar-refractivity contribution in [2.45, 2.75) is 27.3 Å². The second-order valence-electron chi connectivity index (χ2n) is 4.61. The Morgan fingerprint density at radius 3 is 2.76 bits per heavy atom. The van der Waals surface area contributed by atoms with Gasteiger partial charge in [-0.1, -0.05) is 13.8 Å². The molecule has 0 aromatic carbocycles. The maximum Gasteiger partial charge on any atom is 0.224 e. The number of carbonyl (C=O) groups excluding carboxylic acids is 1. The van der Waals surface area contributed by atoms with Gasteiger partial charge in [0.1, 0.15) is 0 Å². The number of nitrogens with two attached hydrogens (primary N) is 1. The minimum absolute atomic E-state index is 0.0266. The lowest BCUT2D eigenvalue weighted by Crippen LogP contribution is -2.37. The molecule has 4 nitrogen and oxygen atoms in total. The molecule has 4 heteroatoms. The van der Waals surface area contributed by atoms with Crippen LogP contribution in [0.5, 0.6) is 0 Å². The van der Waals surface area contributed by atoms with Gasteiger partial charge in [0.15, 0.2) is 0 Å². The Labute approximate surface area is 103 Å². The summed E-state index contributed by atoms with van der Waals surface area (Å²) in [4.78, 5) is 15.9. The minimum Gasteiger partial charge on any atom is -0.352 e. The van der Waals surface area contributed by atoms with Crippen molar-refractivity contribution in [2.75, 3.05) is 6.54 Å². The van der Waals surface area contributed by atoms with E-state index in [1.54, 1.807) is 12.4 Å². The summed E-state index contributed by atoms with van der Waals surface area (Å²) in [6, 6.07) is 1.92. The van der Waals surface area contributed by atoms with Crippen molar-refractivity contribution in [3.8, 4) is 0 Å². The van der Waals surface area contributed by atoms with Crippen molar-refractivity contribution in [3.63, 3.8) is 0 Å². The summed E-state index contributed by atoms with van der Waals surface area (Å²) >= 11 is 0. The third-order valence-electron chi connectivity index (χ3n) is 2.98. The number of nitrogens with one attached hydrogen (secondary N) is 1. The first-order chi connectivity index (χ1) is 8.06. The number of aromatic nitrogens is 1. The van der Waals surface area contributed by atoms with Gasteiger partial charge in [-0.05, 0) is 30.0 Å². The fraction of sp³-hybridized carbons (Fsp3) is 0.538. The zero-order valence-corrected chi connectivity index (χ0v) is 10.7. The van der Waals surface area contributed by atoms with Crippen LogP contribution in [0, 0.1) is 18.8 Å². The molecular formula is C13H21N3O. The quantitative estimate of drug-likeness (QED) is 0.806. The number of nitrogens with zero attached hydrogens (tertiary/aromatic N) is 1. The highest BCUT2D eigenvalue weighted by molar-refractivity contribution is 5.79. The number of amides is 1. The Morgan fingerprint density at radius 1 is 1.53 bits per heavy atom. The van der Waals surface area contributed by atoms with Gasteiger partial charge in [0, 0.05) is 25.5 Å². The molecule has 3 N–H and O–H groups in total. The van der Waals surface area contributed by atoms with Gasteiger partial charge in [-0.25, -0.2) is 0 Å². The predicted molar refractivity (Wildman–Crippen MR) is 68.2 cm³/mol. The van der Waals surface area contributed by atoms with Gasteiger partial charge in [0.2, 0.25) is 5.91 Å².